The predicted octanol–water partition coefficient (Wildman–Crippen LogP) is 9.34. The Morgan fingerprint density at radius 2 is 1.55 bits per heavy atom. The van der Waals surface area contributed by atoms with Crippen molar-refractivity contribution in [3.8, 4) is 22.4 Å². The van der Waals surface area contributed by atoms with E-state index in [1.807, 2.05) is 57.3 Å². The largest absolute Gasteiger partial charge is 0.454 e. The Morgan fingerprint density at radius 1 is 0.825 bits per heavy atom. The fourth-order valence-electron chi connectivity index (χ4n) is 5.84. The summed E-state index contributed by atoms with van der Waals surface area (Å²) in [4.78, 5) is 4.73. The van der Waals surface area contributed by atoms with Crippen molar-refractivity contribution in [3.63, 3.8) is 0 Å². The van der Waals surface area contributed by atoms with Gasteiger partial charge >= 0.3 is 0 Å². The van der Waals surface area contributed by atoms with Gasteiger partial charge in [0.25, 0.3) is 0 Å². The number of furan rings is 1. The lowest BCUT2D eigenvalue weighted by atomic mass is 9.87. The molecule has 0 saturated heterocycles. The summed E-state index contributed by atoms with van der Waals surface area (Å²) in [5, 5.41) is 5.41. The fourth-order valence-corrected chi connectivity index (χ4v) is 5.84. The fraction of sp³-hybridized carbons (Fsp3) is 0.189. The molecule has 0 fully saturated rings. The highest BCUT2D eigenvalue weighted by Gasteiger charge is 2.23. The number of rotatable bonds is 3. The summed E-state index contributed by atoms with van der Waals surface area (Å²) in [6.07, 6.45) is 2.49. The standard InChI is InChI=1S/C37H33N2O/c1-23-8-16-29-30-17-15-26-13-14-27-7-6-19-38-34(27)33(26)36(30)40-35(29)32(23)31-21-28(18-20-39(31)5)25-11-9-24(10-12-25)22-37(2,3)4/h6-21H,22H2,1-5H3/q+1/i22D2. The number of pyridine rings is 2. The molecule has 0 radical (unpaired) electrons. The van der Waals surface area contributed by atoms with Gasteiger partial charge in [-0.2, -0.15) is 0 Å². The molecule has 0 aliphatic heterocycles. The molecule has 0 N–H and O–H groups in total. The van der Waals surface area contributed by atoms with Crippen LogP contribution in [0.5, 0.6) is 0 Å². The smallest absolute Gasteiger partial charge is 0.216 e. The second-order valence-corrected chi connectivity index (χ2v) is 11.8. The third-order valence-corrected chi connectivity index (χ3v) is 7.71. The normalized spacial score (nSPS) is 13.3. The lowest BCUT2D eigenvalue weighted by molar-refractivity contribution is -0.660. The van der Waals surface area contributed by atoms with Crippen molar-refractivity contribution in [2.45, 2.75) is 34.1 Å². The van der Waals surface area contributed by atoms with Gasteiger partial charge in [0, 0.05) is 37.2 Å². The molecule has 40 heavy (non-hydrogen) atoms. The molecule has 7 aromatic rings. The molecule has 4 aromatic carbocycles. The van der Waals surface area contributed by atoms with E-state index in [1.165, 1.54) is 0 Å². The monoisotopic (exact) mass is 523 g/mol. The highest BCUT2D eigenvalue weighted by atomic mass is 16.3. The molecule has 3 aromatic heterocycles. The Labute approximate surface area is 237 Å². The van der Waals surface area contributed by atoms with Gasteiger partial charge in [-0.05, 0) is 58.5 Å². The molecule has 3 heteroatoms. The minimum Gasteiger partial charge on any atom is -0.454 e. The number of nitrogens with zero attached hydrogens (tertiary/aromatic N) is 2. The van der Waals surface area contributed by atoms with E-state index < -0.39 is 11.8 Å². The van der Waals surface area contributed by atoms with Crippen molar-refractivity contribution < 1.29 is 11.7 Å². The second kappa shape index (κ2) is 9.02. The Bertz CT molecular complexity index is 2170. The lowest BCUT2D eigenvalue weighted by Gasteiger charge is -2.18. The minimum absolute atomic E-state index is 0.501. The molecule has 0 saturated carbocycles. The SMILES string of the molecule is [2H]C([2H])(c1ccc(-c2cc[n+](C)c(-c3c(C)ccc4c3oc3c4ccc4ccc5cccnc5c43)c2)cc1)C(C)(C)C. The minimum atomic E-state index is -1.43. The Morgan fingerprint density at radius 3 is 2.35 bits per heavy atom. The van der Waals surface area contributed by atoms with Crippen molar-refractivity contribution in [3.05, 3.63) is 108 Å². The van der Waals surface area contributed by atoms with Crippen LogP contribution in [-0.2, 0) is 13.4 Å². The molecular formula is C37H33N2O+. The van der Waals surface area contributed by atoms with E-state index in [2.05, 4.69) is 79.3 Å². The average Bonchev–Trinajstić information content (AvgIpc) is 3.35. The van der Waals surface area contributed by atoms with Crippen LogP contribution in [-0.4, -0.2) is 4.98 Å². The van der Waals surface area contributed by atoms with Gasteiger partial charge in [-0.3, -0.25) is 4.98 Å². The number of hydrogen-bond donors (Lipinski definition) is 0. The van der Waals surface area contributed by atoms with Crippen LogP contribution >= 0.6 is 0 Å². The molecule has 196 valence electrons. The molecule has 0 aliphatic rings. The van der Waals surface area contributed by atoms with E-state index in [0.29, 0.717) is 5.56 Å². The second-order valence-electron chi connectivity index (χ2n) is 11.8. The van der Waals surface area contributed by atoms with Crippen molar-refractivity contribution in [2.24, 2.45) is 12.5 Å². The van der Waals surface area contributed by atoms with Crippen molar-refractivity contribution in [1.29, 1.82) is 0 Å². The third kappa shape index (κ3) is 4.05. The number of aromatic nitrogens is 2. The summed E-state index contributed by atoms with van der Waals surface area (Å²) in [7, 11) is 2.06. The van der Waals surface area contributed by atoms with Gasteiger partial charge in [-0.1, -0.05) is 81.4 Å². The molecule has 7 rings (SSSR count). The first-order valence-electron chi connectivity index (χ1n) is 14.8. The Balaban J connectivity index is 1.42. The Kier molecular flexibility index (Phi) is 5.04. The zero-order valence-corrected chi connectivity index (χ0v) is 23.5. The van der Waals surface area contributed by atoms with Crippen LogP contribution in [0.1, 0.15) is 34.6 Å². The maximum absolute atomic E-state index is 8.66. The van der Waals surface area contributed by atoms with Crippen LogP contribution in [0.2, 0.25) is 0 Å². The molecule has 3 nitrogen and oxygen atoms in total. The van der Waals surface area contributed by atoms with E-state index in [4.69, 9.17) is 12.1 Å². The van der Waals surface area contributed by atoms with Gasteiger partial charge in [-0.25, -0.2) is 4.57 Å². The van der Waals surface area contributed by atoms with E-state index in [1.54, 1.807) is 0 Å². The predicted molar refractivity (Wildman–Crippen MR) is 166 cm³/mol. The maximum atomic E-state index is 8.66. The third-order valence-electron chi connectivity index (χ3n) is 7.71. The van der Waals surface area contributed by atoms with Crippen LogP contribution < -0.4 is 4.57 Å². The maximum Gasteiger partial charge on any atom is 0.216 e. The number of hydrogen-bond acceptors (Lipinski definition) is 2. The summed E-state index contributed by atoms with van der Waals surface area (Å²) in [6.45, 7) is 7.95. The first kappa shape index (κ1) is 22.3. The van der Waals surface area contributed by atoms with Crippen LogP contribution in [0.4, 0.5) is 0 Å². The zero-order valence-electron chi connectivity index (χ0n) is 25.5. The van der Waals surface area contributed by atoms with E-state index in [0.717, 1.165) is 71.6 Å². The molecule has 3 heterocycles. The number of aryl methyl sites for hydroxylation is 2. The van der Waals surface area contributed by atoms with Crippen LogP contribution in [0.3, 0.4) is 0 Å². The Hall–Kier alpha value is -4.50. The van der Waals surface area contributed by atoms with Crippen LogP contribution in [0, 0.1) is 12.3 Å². The topological polar surface area (TPSA) is 29.9 Å². The highest BCUT2D eigenvalue weighted by Crippen LogP contribution is 2.41. The molecular weight excluding hydrogens is 488 g/mol. The lowest BCUT2D eigenvalue weighted by Crippen LogP contribution is -2.30. The van der Waals surface area contributed by atoms with Gasteiger partial charge < -0.3 is 4.42 Å². The zero-order chi connectivity index (χ0) is 29.4. The summed E-state index contributed by atoms with van der Waals surface area (Å²) in [6, 6.07) is 29.2. The summed E-state index contributed by atoms with van der Waals surface area (Å²) in [5.41, 5.74) is 8.23. The number of fused-ring (bicyclic) bond motifs is 7. The van der Waals surface area contributed by atoms with Gasteiger partial charge in [0.15, 0.2) is 6.20 Å². The molecule has 0 bridgehead atoms. The van der Waals surface area contributed by atoms with Gasteiger partial charge in [0.1, 0.15) is 18.2 Å². The summed E-state index contributed by atoms with van der Waals surface area (Å²) >= 11 is 0. The molecule has 0 amide bonds. The molecule has 0 aliphatic carbocycles. The summed E-state index contributed by atoms with van der Waals surface area (Å²) in [5.74, 6) is 0. The van der Waals surface area contributed by atoms with Gasteiger partial charge in [0.2, 0.25) is 5.69 Å². The first-order chi connectivity index (χ1) is 20.0. The molecule has 0 atom stereocenters. The summed E-state index contributed by atoms with van der Waals surface area (Å²) < 4.78 is 26.3. The van der Waals surface area contributed by atoms with Crippen molar-refractivity contribution in [1.82, 2.24) is 4.98 Å². The van der Waals surface area contributed by atoms with Crippen molar-refractivity contribution in [2.75, 3.05) is 0 Å². The molecule has 0 spiro atoms. The van der Waals surface area contributed by atoms with Gasteiger partial charge in [-0.15, -0.1) is 0 Å². The average molecular weight is 524 g/mol. The number of benzene rings is 4. The van der Waals surface area contributed by atoms with Crippen molar-refractivity contribution >= 4 is 43.6 Å². The first-order valence-corrected chi connectivity index (χ1v) is 13.8. The van der Waals surface area contributed by atoms with E-state index >= 15 is 0 Å². The van der Waals surface area contributed by atoms with Crippen LogP contribution in [0.25, 0.3) is 66.0 Å². The highest BCUT2D eigenvalue weighted by molar-refractivity contribution is 6.23. The van der Waals surface area contributed by atoms with E-state index in [9.17, 15) is 0 Å². The van der Waals surface area contributed by atoms with Gasteiger partial charge in [0.05, 0.1) is 16.5 Å². The van der Waals surface area contributed by atoms with E-state index in [-0.39, 0.29) is 0 Å². The quantitative estimate of drug-likeness (QED) is 0.171. The van der Waals surface area contributed by atoms with Crippen LogP contribution in [0.15, 0.2) is 102 Å². The molecule has 0 unspecified atom stereocenters.